The number of rotatable bonds is 4. The fraction of sp³-hybridized carbons (Fsp3) is 0.250. The zero-order valence-electron chi connectivity index (χ0n) is 11.8. The van der Waals surface area contributed by atoms with E-state index >= 15 is 0 Å². The van der Waals surface area contributed by atoms with Crippen LogP contribution >= 0.6 is 11.8 Å². The van der Waals surface area contributed by atoms with Gasteiger partial charge in [0, 0.05) is 7.05 Å². The number of thioether (sulfide) groups is 1. The zero-order chi connectivity index (χ0) is 16.1. The minimum absolute atomic E-state index is 0.00870. The molecule has 1 heterocycles. The summed E-state index contributed by atoms with van der Waals surface area (Å²) in [4.78, 5) is 23.6. The smallest absolute Gasteiger partial charge is 0.305 e. The highest BCUT2D eigenvalue weighted by Crippen LogP contribution is 2.19. The third kappa shape index (κ3) is 4.01. The number of tetrazole rings is 1. The first kappa shape index (κ1) is 15.9. The predicted molar refractivity (Wildman–Crippen MR) is 77.7 cm³/mol. The van der Waals surface area contributed by atoms with E-state index in [1.807, 2.05) is 0 Å². The first-order chi connectivity index (χ1) is 10.5. The van der Waals surface area contributed by atoms with Gasteiger partial charge in [0.05, 0.1) is 10.9 Å². The maximum absolute atomic E-state index is 13.4. The van der Waals surface area contributed by atoms with Gasteiger partial charge in [0.2, 0.25) is 11.1 Å². The van der Waals surface area contributed by atoms with Gasteiger partial charge in [-0.1, -0.05) is 23.9 Å². The monoisotopic (exact) mass is 324 g/mol. The number of hydrogen-bond acceptors (Lipinski definition) is 6. The van der Waals surface area contributed by atoms with E-state index in [9.17, 15) is 14.0 Å². The van der Waals surface area contributed by atoms with Crippen LogP contribution in [-0.4, -0.2) is 37.4 Å². The molecule has 0 spiro atoms. The number of nitrogens with zero attached hydrogens (tertiary/aromatic N) is 4. The van der Waals surface area contributed by atoms with E-state index in [4.69, 9.17) is 0 Å². The molecule has 116 valence electrons. The van der Waals surface area contributed by atoms with Gasteiger partial charge < -0.3 is 5.32 Å². The van der Waals surface area contributed by atoms with Crippen molar-refractivity contribution in [3.63, 3.8) is 0 Å². The lowest BCUT2D eigenvalue weighted by atomic mass is 10.3. The number of carbonyl (C=O) groups is 2. The Morgan fingerprint density at radius 1 is 1.36 bits per heavy atom. The number of aromatic nitrogens is 4. The van der Waals surface area contributed by atoms with Gasteiger partial charge in [-0.2, -0.15) is 0 Å². The Hall–Kier alpha value is -2.49. The molecule has 0 saturated heterocycles. The summed E-state index contributed by atoms with van der Waals surface area (Å²) < 4.78 is 14.8. The second-order valence-electron chi connectivity index (χ2n) is 4.27. The molecule has 2 rings (SSSR count). The third-order valence-electron chi connectivity index (χ3n) is 2.59. The third-order valence-corrected chi connectivity index (χ3v) is 3.72. The molecule has 1 aromatic heterocycles. The maximum Gasteiger partial charge on any atom is 0.325 e. The van der Waals surface area contributed by atoms with Crippen LogP contribution in [0.5, 0.6) is 0 Å². The molecule has 2 aromatic rings. The summed E-state index contributed by atoms with van der Waals surface area (Å²) in [5.41, 5.74) is -0.00870. The highest BCUT2D eigenvalue weighted by Gasteiger charge is 2.20. The summed E-state index contributed by atoms with van der Waals surface area (Å²) >= 11 is 1.10. The van der Waals surface area contributed by atoms with Crippen molar-refractivity contribution in [1.82, 2.24) is 25.5 Å². The lowest BCUT2D eigenvalue weighted by Gasteiger charge is -2.11. The molecule has 8 nitrogen and oxygen atoms in total. The first-order valence-electron chi connectivity index (χ1n) is 6.22. The molecule has 0 aliphatic rings. The minimum Gasteiger partial charge on any atom is -0.305 e. The molecule has 0 aliphatic heterocycles. The zero-order valence-corrected chi connectivity index (χ0v) is 12.6. The Kier molecular flexibility index (Phi) is 5.04. The number of benzene rings is 1. The number of aryl methyl sites for hydroxylation is 1. The number of halogens is 1. The lowest BCUT2D eigenvalue weighted by molar-refractivity contribution is -0.119. The standard InChI is InChI=1S/C12H13FN6O2S/c1-7(22-12-16-17-18-19(12)2)10(20)15-11(21)14-9-6-4-3-5-8(9)13/h3-7H,1-2H3,(H2,14,15,20,21). The Morgan fingerprint density at radius 2 is 2.09 bits per heavy atom. The summed E-state index contributed by atoms with van der Waals surface area (Å²) in [5, 5.41) is 15.1. The Labute approximate surface area is 129 Å². The van der Waals surface area contributed by atoms with Gasteiger partial charge in [-0.15, -0.1) is 5.10 Å². The van der Waals surface area contributed by atoms with E-state index in [0.29, 0.717) is 5.16 Å². The average molecular weight is 324 g/mol. The van der Waals surface area contributed by atoms with Crippen molar-refractivity contribution in [2.45, 2.75) is 17.3 Å². The van der Waals surface area contributed by atoms with Crippen molar-refractivity contribution in [2.75, 3.05) is 5.32 Å². The van der Waals surface area contributed by atoms with Crippen LogP contribution < -0.4 is 10.6 Å². The molecule has 0 radical (unpaired) electrons. The molecule has 0 bridgehead atoms. The van der Waals surface area contributed by atoms with Gasteiger partial charge in [-0.3, -0.25) is 10.1 Å². The molecule has 10 heteroatoms. The van der Waals surface area contributed by atoms with Crippen LogP contribution in [0.25, 0.3) is 0 Å². The van der Waals surface area contributed by atoms with Gasteiger partial charge in [0.25, 0.3) is 0 Å². The van der Waals surface area contributed by atoms with Gasteiger partial charge in [-0.25, -0.2) is 13.9 Å². The lowest BCUT2D eigenvalue weighted by Crippen LogP contribution is -2.39. The minimum atomic E-state index is -0.807. The van der Waals surface area contributed by atoms with E-state index in [1.165, 1.54) is 22.9 Å². The quantitative estimate of drug-likeness (QED) is 0.819. The molecule has 2 N–H and O–H groups in total. The van der Waals surface area contributed by atoms with Crippen LogP contribution in [0.2, 0.25) is 0 Å². The number of anilines is 1. The fourth-order valence-electron chi connectivity index (χ4n) is 1.46. The highest BCUT2D eigenvalue weighted by atomic mass is 32.2. The second-order valence-corrected chi connectivity index (χ2v) is 5.58. The van der Waals surface area contributed by atoms with E-state index in [0.717, 1.165) is 11.8 Å². The molecule has 0 fully saturated rings. The normalized spacial score (nSPS) is 11.8. The summed E-state index contributed by atoms with van der Waals surface area (Å²) in [6.07, 6.45) is 0. The summed E-state index contributed by atoms with van der Waals surface area (Å²) in [6.45, 7) is 1.60. The van der Waals surface area contributed by atoms with Gasteiger partial charge in [0.1, 0.15) is 5.82 Å². The molecule has 22 heavy (non-hydrogen) atoms. The van der Waals surface area contributed by atoms with Crippen molar-refractivity contribution >= 4 is 29.4 Å². The average Bonchev–Trinajstić information content (AvgIpc) is 2.86. The molecule has 1 atom stereocenters. The molecular formula is C12H13FN6O2S. The summed E-state index contributed by atoms with van der Waals surface area (Å²) in [6, 6.07) is 4.86. The maximum atomic E-state index is 13.4. The van der Waals surface area contributed by atoms with E-state index in [1.54, 1.807) is 20.0 Å². The number of imide groups is 1. The van der Waals surface area contributed by atoms with Crippen molar-refractivity contribution in [1.29, 1.82) is 0 Å². The number of nitrogens with one attached hydrogen (secondary N) is 2. The van der Waals surface area contributed by atoms with Gasteiger partial charge in [-0.05, 0) is 29.5 Å². The molecular weight excluding hydrogens is 311 g/mol. The Bertz CT molecular complexity index is 692. The van der Waals surface area contributed by atoms with Crippen molar-refractivity contribution in [2.24, 2.45) is 7.05 Å². The fourth-order valence-corrected chi connectivity index (χ4v) is 2.22. The van der Waals surface area contributed by atoms with Gasteiger partial charge in [0.15, 0.2) is 0 Å². The number of amides is 3. The number of para-hydroxylation sites is 1. The largest absolute Gasteiger partial charge is 0.325 e. The van der Waals surface area contributed by atoms with Crippen LogP contribution in [-0.2, 0) is 11.8 Å². The topological polar surface area (TPSA) is 102 Å². The van der Waals surface area contributed by atoms with E-state index in [2.05, 4.69) is 26.2 Å². The highest BCUT2D eigenvalue weighted by molar-refractivity contribution is 8.00. The van der Waals surface area contributed by atoms with Crippen molar-refractivity contribution in [3.05, 3.63) is 30.1 Å². The molecule has 0 saturated carbocycles. The number of urea groups is 1. The van der Waals surface area contributed by atoms with E-state index < -0.39 is 23.0 Å². The van der Waals surface area contributed by atoms with Crippen LogP contribution in [0.3, 0.4) is 0 Å². The molecule has 3 amide bonds. The van der Waals surface area contributed by atoms with Crippen molar-refractivity contribution < 1.29 is 14.0 Å². The Morgan fingerprint density at radius 3 is 2.73 bits per heavy atom. The number of carbonyl (C=O) groups excluding carboxylic acids is 2. The predicted octanol–water partition coefficient (Wildman–Crippen LogP) is 1.18. The van der Waals surface area contributed by atoms with Crippen LogP contribution in [0.1, 0.15) is 6.92 Å². The summed E-state index contributed by atoms with van der Waals surface area (Å²) in [7, 11) is 1.64. The first-order valence-corrected chi connectivity index (χ1v) is 7.10. The van der Waals surface area contributed by atoms with Crippen LogP contribution in [0.15, 0.2) is 29.4 Å². The van der Waals surface area contributed by atoms with Crippen LogP contribution in [0.4, 0.5) is 14.9 Å². The molecule has 1 aromatic carbocycles. The van der Waals surface area contributed by atoms with Crippen LogP contribution in [0, 0.1) is 5.82 Å². The molecule has 1 unspecified atom stereocenters. The second kappa shape index (κ2) is 6.98. The number of hydrogen-bond donors (Lipinski definition) is 2. The molecule has 0 aliphatic carbocycles. The Balaban J connectivity index is 1.90. The van der Waals surface area contributed by atoms with Crippen molar-refractivity contribution in [3.8, 4) is 0 Å². The van der Waals surface area contributed by atoms with E-state index in [-0.39, 0.29) is 5.69 Å². The summed E-state index contributed by atoms with van der Waals surface area (Å²) in [5.74, 6) is -1.13. The SMILES string of the molecule is CC(Sc1nnnn1C)C(=O)NC(=O)Nc1ccccc1F. The van der Waals surface area contributed by atoms with Gasteiger partial charge >= 0.3 is 6.03 Å².